The fraction of sp³-hybridized carbons (Fsp3) is 0.250. The summed E-state index contributed by atoms with van der Waals surface area (Å²) in [5.74, 6) is -5.42. The average molecular weight is 303 g/mol. The summed E-state index contributed by atoms with van der Waals surface area (Å²) in [6.45, 7) is -1.53. The van der Waals surface area contributed by atoms with Gasteiger partial charge in [-0.2, -0.15) is 13.9 Å². The van der Waals surface area contributed by atoms with E-state index in [0.29, 0.717) is 0 Å². The predicted octanol–water partition coefficient (Wildman–Crippen LogP) is 1.55. The lowest BCUT2D eigenvalue weighted by molar-refractivity contribution is -0.123. The monoisotopic (exact) mass is 303 g/mol. The highest BCUT2D eigenvalue weighted by atomic mass is 19.3. The smallest absolute Gasteiger partial charge is 0.324 e. The van der Waals surface area contributed by atoms with Crippen LogP contribution in [0.25, 0.3) is 10.8 Å². The third kappa shape index (κ3) is 3.01. The van der Waals surface area contributed by atoms with Crippen molar-refractivity contribution in [1.82, 2.24) is 15.5 Å². The minimum absolute atomic E-state index is 0.137. The third-order valence-corrected chi connectivity index (χ3v) is 2.72. The standard InChI is InChI=1S/C12H9F4N3O2/c13-11(14)12(15,16)5-17-10(21)8-6-3-1-2-4-7(6)9(20)19-18-8/h1-4,11H,5H2,(H,17,21)(H,19,20). The maximum absolute atomic E-state index is 12.8. The molecule has 1 amide bonds. The van der Waals surface area contributed by atoms with Crippen LogP contribution in [0.2, 0.25) is 0 Å². The number of amides is 1. The molecule has 0 saturated heterocycles. The molecule has 1 aromatic heterocycles. The summed E-state index contributed by atoms with van der Waals surface area (Å²) < 4.78 is 49.5. The van der Waals surface area contributed by atoms with E-state index < -0.39 is 30.4 Å². The van der Waals surface area contributed by atoms with Gasteiger partial charge >= 0.3 is 12.3 Å². The first kappa shape index (κ1) is 14.9. The molecular weight excluding hydrogens is 294 g/mol. The molecule has 2 N–H and O–H groups in total. The Balaban J connectivity index is 2.29. The maximum Gasteiger partial charge on any atom is 0.324 e. The number of H-pyrrole nitrogens is 1. The Bertz CT molecular complexity index is 730. The molecule has 0 aliphatic rings. The van der Waals surface area contributed by atoms with Crippen LogP contribution in [0.15, 0.2) is 29.1 Å². The molecule has 2 rings (SSSR count). The lowest BCUT2D eigenvalue weighted by Gasteiger charge is -2.15. The number of carbonyl (C=O) groups excluding carboxylic acids is 1. The normalized spacial score (nSPS) is 11.9. The molecule has 0 aliphatic heterocycles. The van der Waals surface area contributed by atoms with Gasteiger partial charge in [-0.1, -0.05) is 18.2 Å². The number of hydrogen-bond donors (Lipinski definition) is 2. The second kappa shape index (κ2) is 5.51. The van der Waals surface area contributed by atoms with Gasteiger partial charge in [0.2, 0.25) is 0 Å². The SMILES string of the molecule is O=C(NCC(F)(F)C(F)F)c1n[nH]c(=O)c2ccccc12. The highest BCUT2D eigenvalue weighted by Crippen LogP contribution is 2.21. The minimum atomic E-state index is -4.34. The number of nitrogens with zero attached hydrogens (tertiary/aromatic N) is 1. The first-order valence-corrected chi connectivity index (χ1v) is 5.74. The molecule has 0 saturated carbocycles. The lowest BCUT2D eigenvalue weighted by Crippen LogP contribution is -2.41. The third-order valence-electron chi connectivity index (χ3n) is 2.72. The first-order valence-electron chi connectivity index (χ1n) is 5.74. The Labute approximate surface area is 115 Å². The zero-order valence-corrected chi connectivity index (χ0v) is 10.4. The van der Waals surface area contributed by atoms with Crippen LogP contribution in [0.1, 0.15) is 10.5 Å². The Kier molecular flexibility index (Phi) is 3.92. The Hall–Kier alpha value is -2.45. The van der Waals surface area contributed by atoms with Crippen molar-refractivity contribution >= 4 is 16.7 Å². The van der Waals surface area contributed by atoms with Gasteiger partial charge in [0.1, 0.15) is 0 Å². The number of rotatable bonds is 4. The van der Waals surface area contributed by atoms with Crippen molar-refractivity contribution in [2.45, 2.75) is 12.3 Å². The van der Waals surface area contributed by atoms with E-state index in [4.69, 9.17) is 0 Å². The highest BCUT2D eigenvalue weighted by Gasteiger charge is 2.41. The number of fused-ring (bicyclic) bond motifs is 1. The van der Waals surface area contributed by atoms with E-state index in [1.54, 1.807) is 11.4 Å². The maximum atomic E-state index is 12.8. The lowest BCUT2D eigenvalue weighted by atomic mass is 10.1. The molecule has 0 unspecified atom stereocenters. The van der Waals surface area contributed by atoms with Gasteiger partial charge in [-0.3, -0.25) is 9.59 Å². The molecule has 112 valence electrons. The van der Waals surface area contributed by atoms with Crippen LogP contribution in [0.3, 0.4) is 0 Å². The van der Waals surface area contributed by atoms with E-state index >= 15 is 0 Å². The Morgan fingerprint density at radius 1 is 1.29 bits per heavy atom. The second-order valence-corrected chi connectivity index (χ2v) is 4.19. The molecule has 0 fully saturated rings. The van der Waals surface area contributed by atoms with Crippen molar-refractivity contribution in [3.05, 3.63) is 40.3 Å². The van der Waals surface area contributed by atoms with E-state index in [9.17, 15) is 27.2 Å². The van der Waals surface area contributed by atoms with Gasteiger partial charge in [-0.05, 0) is 6.07 Å². The summed E-state index contributed by atoms with van der Waals surface area (Å²) in [5, 5.41) is 7.47. The van der Waals surface area contributed by atoms with E-state index in [2.05, 4.69) is 5.10 Å². The van der Waals surface area contributed by atoms with Crippen molar-refractivity contribution in [2.24, 2.45) is 0 Å². The summed E-state index contributed by atoms with van der Waals surface area (Å²) in [6, 6.07) is 5.89. The number of aromatic amines is 1. The molecule has 0 radical (unpaired) electrons. The first-order chi connectivity index (χ1) is 9.83. The van der Waals surface area contributed by atoms with Gasteiger partial charge in [0.25, 0.3) is 11.5 Å². The topological polar surface area (TPSA) is 74.8 Å². The van der Waals surface area contributed by atoms with Crippen molar-refractivity contribution < 1.29 is 22.4 Å². The Morgan fingerprint density at radius 2 is 1.90 bits per heavy atom. The molecule has 2 aromatic rings. The molecule has 21 heavy (non-hydrogen) atoms. The van der Waals surface area contributed by atoms with Crippen LogP contribution < -0.4 is 10.9 Å². The van der Waals surface area contributed by atoms with Crippen LogP contribution in [0.5, 0.6) is 0 Å². The number of carbonyl (C=O) groups is 1. The van der Waals surface area contributed by atoms with Gasteiger partial charge in [0.05, 0.1) is 11.9 Å². The van der Waals surface area contributed by atoms with Gasteiger partial charge in [-0.25, -0.2) is 13.9 Å². The van der Waals surface area contributed by atoms with E-state index in [0.717, 1.165) is 0 Å². The molecule has 5 nitrogen and oxygen atoms in total. The van der Waals surface area contributed by atoms with E-state index in [1.807, 2.05) is 5.10 Å². The predicted molar refractivity (Wildman–Crippen MR) is 65.6 cm³/mol. The minimum Gasteiger partial charge on any atom is -0.344 e. The fourth-order valence-electron chi connectivity index (χ4n) is 1.65. The molecule has 0 bridgehead atoms. The zero-order chi connectivity index (χ0) is 15.6. The summed E-state index contributed by atoms with van der Waals surface area (Å²) in [4.78, 5) is 23.3. The average Bonchev–Trinajstić information content (AvgIpc) is 2.45. The number of nitrogens with one attached hydrogen (secondary N) is 2. The van der Waals surface area contributed by atoms with E-state index in [1.165, 1.54) is 18.2 Å². The molecule has 0 spiro atoms. The van der Waals surface area contributed by atoms with Crippen LogP contribution in [0, 0.1) is 0 Å². The van der Waals surface area contributed by atoms with Crippen LogP contribution in [-0.2, 0) is 0 Å². The van der Waals surface area contributed by atoms with Gasteiger partial charge in [0, 0.05) is 5.39 Å². The van der Waals surface area contributed by atoms with Gasteiger partial charge < -0.3 is 5.32 Å². The number of benzene rings is 1. The van der Waals surface area contributed by atoms with Crippen LogP contribution >= 0.6 is 0 Å². The molecular formula is C12H9F4N3O2. The zero-order valence-electron chi connectivity index (χ0n) is 10.4. The van der Waals surface area contributed by atoms with Crippen molar-refractivity contribution in [3.63, 3.8) is 0 Å². The number of hydrogen-bond acceptors (Lipinski definition) is 3. The van der Waals surface area contributed by atoms with Crippen molar-refractivity contribution in [2.75, 3.05) is 6.54 Å². The summed E-state index contributed by atoms with van der Waals surface area (Å²) in [5.41, 5.74) is -0.879. The van der Waals surface area contributed by atoms with Crippen molar-refractivity contribution in [3.8, 4) is 0 Å². The summed E-state index contributed by atoms with van der Waals surface area (Å²) in [7, 11) is 0. The van der Waals surface area contributed by atoms with Crippen LogP contribution in [0.4, 0.5) is 17.6 Å². The summed E-state index contributed by atoms with van der Waals surface area (Å²) >= 11 is 0. The van der Waals surface area contributed by atoms with Gasteiger partial charge in [-0.15, -0.1) is 0 Å². The second-order valence-electron chi connectivity index (χ2n) is 4.19. The molecule has 1 heterocycles. The van der Waals surface area contributed by atoms with Crippen LogP contribution in [-0.4, -0.2) is 35.0 Å². The summed E-state index contributed by atoms with van der Waals surface area (Å²) in [6.07, 6.45) is -3.89. The fourth-order valence-corrected chi connectivity index (χ4v) is 1.65. The molecule has 0 aliphatic carbocycles. The van der Waals surface area contributed by atoms with Gasteiger partial charge in [0.15, 0.2) is 5.69 Å². The number of halogens is 4. The highest BCUT2D eigenvalue weighted by molar-refractivity contribution is 6.04. The number of alkyl halides is 4. The molecule has 1 aromatic carbocycles. The number of aromatic nitrogens is 2. The Morgan fingerprint density at radius 3 is 2.52 bits per heavy atom. The van der Waals surface area contributed by atoms with E-state index in [-0.39, 0.29) is 16.5 Å². The molecule has 0 atom stereocenters. The quantitative estimate of drug-likeness (QED) is 0.842. The largest absolute Gasteiger partial charge is 0.344 e. The molecule has 9 heteroatoms. The van der Waals surface area contributed by atoms with Crippen molar-refractivity contribution in [1.29, 1.82) is 0 Å².